The van der Waals surface area contributed by atoms with E-state index in [-0.39, 0.29) is 43.3 Å². The molecule has 0 spiro atoms. The van der Waals surface area contributed by atoms with Crippen LogP contribution in [0.1, 0.15) is 41.7 Å². The zero-order valence-electron chi connectivity index (χ0n) is 19.3. The van der Waals surface area contributed by atoms with E-state index in [0.29, 0.717) is 37.3 Å². The number of piperidine rings is 1. The summed E-state index contributed by atoms with van der Waals surface area (Å²) in [5, 5.41) is 16.5. The van der Waals surface area contributed by atoms with E-state index in [9.17, 15) is 23.9 Å². The lowest BCUT2D eigenvalue weighted by Gasteiger charge is -2.42. The average Bonchev–Trinajstić information content (AvgIpc) is 3.61. The van der Waals surface area contributed by atoms with Crippen molar-refractivity contribution >= 4 is 23.5 Å². The van der Waals surface area contributed by atoms with E-state index in [0.717, 1.165) is 18.4 Å². The van der Waals surface area contributed by atoms with Gasteiger partial charge in [-0.2, -0.15) is 0 Å². The van der Waals surface area contributed by atoms with Crippen molar-refractivity contribution in [3.8, 4) is 0 Å². The summed E-state index contributed by atoms with van der Waals surface area (Å²) < 4.78 is 14.6. The zero-order chi connectivity index (χ0) is 24.6. The topological polar surface area (TPSA) is 119 Å². The van der Waals surface area contributed by atoms with Crippen LogP contribution in [0.5, 0.6) is 0 Å². The molecule has 3 heterocycles. The Kier molecular flexibility index (Phi) is 6.10. The number of aromatic nitrogens is 1. The number of likely N-dealkylation sites (tertiary alicyclic amines) is 1. The molecule has 1 saturated heterocycles. The number of carbonyl (C=O) groups is 3. The molecule has 1 aliphatic carbocycles. The number of urea groups is 1. The van der Waals surface area contributed by atoms with Gasteiger partial charge in [0, 0.05) is 25.6 Å². The fraction of sp³-hybridized carbons (Fsp3) is 0.458. The number of amides is 4. The number of nitrogens with zero attached hydrogens (tertiary/aromatic N) is 3. The lowest BCUT2D eigenvalue weighted by molar-refractivity contribution is -0.137. The predicted molar refractivity (Wildman–Crippen MR) is 125 cm³/mol. The highest BCUT2D eigenvalue weighted by molar-refractivity contribution is 5.97. The molecule has 1 aromatic carbocycles. The van der Waals surface area contributed by atoms with Gasteiger partial charge in [-0.1, -0.05) is 12.1 Å². The highest BCUT2D eigenvalue weighted by atomic mass is 19.1. The molecule has 4 amide bonds. The Balaban J connectivity index is 1.14. The van der Waals surface area contributed by atoms with E-state index in [4.69, 9.17) is 0 Å². The molecule has 2 aliphatic heterocycles. The summed E-state index contributed by atoms with van der Waals surface area (Å²) in [6.45, 7) is 1.60. The molecule has 35 heavy (non-hydrogen) atoms. The monoisotopic (exact) mass is 484 g/mol. The molecule has 10 nitrogen and oxygen atoms in total. The van der Waals surface area contributed by atoms with Crippen molar-refractivity contribution in [1.82, 2.24) is 19.8 Å². The third-order valence-electron chi connectivity index (χ3n) is 6.80. The van der Waals surface area contributed by atoms with Gasteiger partial charge in [-0.15, -0.1) is 0 Å². The Hall–Kier alpha value is -3.60. The predicted octanol–water partition coefficient (Wildman–Crippen LogP) is 1.67. The Morgan fingerprint density at radius 2 is 1.89 bits per heavy atom. The first-order valence-electron chi connectivity index (χ1n) is 11.9. The maximum absolute atomic E-state index is 13.1. The van der Waals surface area contributed by atoms with Gasteiger partial charge in [-0.25, -0.2) is 9.18 Å². The summed E-state index contributed by atoms with van der Waals surface area (Å²) in [5.74, 6) is -0.254. The van der Waals surface area contributed by atoms with Crippen LogP contribution >= 0.6 is 0 Å². The highest BCUT2D eigenvalue weighted by Gasteiger charge is 2.41. The van der Waals surface area contributed by atoms with Gasteiger partial charge in [0.1, 0.15) is 18.2 Å². The summed E-state index contributed by atoms with van der Waals surface area (Å²) in [6.07, 6.45) is 4.38. The number of nitrogens with one attached hydrogen (secondary N) is 3. The average molecular weight is 485 g/mol. The molecule has 2 aromatic rings. The molecular weight excluding hydrogens is 455 g/mol. The number of anilines is 1. The summed E-state index contributed by atoms with van der Waals surface area (Å²) in [5.41, 5.74) is 3.58. The van der Waals surface area contributed by atoms with E-state index in [1.165, 1.54) is 12.1 Å². The number of fused-ring (bicyclic) bond motifs is 1. The number of hydrogen-bond donors (Lipinski definition) is 4. The van der Waals surface area contributed by atoms with Crippen LogP contribution in [0, 0.1) is 11.7 Å². The minimum atomic E-state index is -1.05. The Labute approximate surface area is 202 Å². The molecule has 1 aromatic heterocycles. The molecule has 0 unspecified atom stereocenters. The molecule has 1 saturated carbocycles. The third-order valence-corrected chi connectivity index (χ3v) is 6.80. The van der Waals surface area contributed by atoms with Crippen molar-refractivity contribution in [3.05, 3.63) is 53.6 Å². The van der Waals surface area contributed by atoms with Crippen LogP contribution in [0.3, 0.4) is 0 Å². The number of hydrogen-bond acceptors (Lipinski definition) is 5. The van der Waals surface area contributed by atoms with Gasteiger partial charge in [0.15, 0.2) is 0 Å². The maximum Gasteiger partial charge on any atom is 0.319 e. The minimum absolute atomic E-state index is 0.162. The third kappa shape index (κ3) is 5.24. The quantitative estimate of drug-likeness (QED) is 0.498. The second kappa shape index (κ2) is 9.21. The first-order valence-corrected chi connectivity index (χ1v) is 11.9. The van der Waals surface area contributed by atoms with E-state index in [2.05, 4.69) is 16.1 Å². The van der Waals surface area contributed by atoms with Gasteiger partial charge in [-0.3, -0.25) is 14.3 Å². The van der Waals surface area contributed by atoms with Crippen LogP contribution < -0.4 is 16.1 Å². The van der Waals surface area contributed by atoms with Gasteiger partial charge >= 0.3 is 6.03 Å². The standard InChI is InChI=1S/C24H29FN6O4/c25-18-5-1-16(2-6-18)12-26-23(34)28-19-11-20-22(33)30(15-27-31(20)13-19)14-24(35)7-9-29(10-8-24)21(32)17-3-4-17/h1-2,5-6,11,13,17,27,35H,3-4,7-10,12,14-15H2,(H2,26,28,34). The number of β-amino-alcohol motifs (C(OH)–C–C–N with tert-alkyl or cyclic N) is 1. The van der Waals surface area contributed by atoms with Gasteiger partial charge in [0.05, 0.1) is 24.0 Å². The summed E-state index contributed by atoms with van der Waals surface area (Å²) in [4.78, 5) is 41.0. The van der Waals surface area contributed by atoms with E-state index < -0.39 is 11.6 Å². The largest absolute Gasteiger partial charge is 0.388 e. The fourth-order valence-electron chi connectivity index (χ4n) is 4.55. The SMILES string of the molecule is O=C(NCc1ccc(F)cc1)Nc1cc2n(c1)NCN(CC1(O)CCN(C(=O)C3CC3)CC1)C2=O. The fourth-order valence-corrected chi connectivity index (χ4v) is 4.55. The second-order valence-corrected chi connectivity index (χ2v) is 9.56. The van der Waals surface area contributed by atoms with Gasteiger partial charge in [-0.05, 0) is 49.4 Å². The van der Waals surface area contributed by atoms with Crippen LogP contribution in [0.2, 0.25) is 0 Å². The van der Waals surface area contributed by atoms with Crippen molar-refractivity contribution in [2.75, 3.05) is 37.0 Å². The van der Waals surface area contributed by atoms with Crippen LogP contribution in [-0.2, 0) is 11.3 Å². The highest BCUT2D eigenvalue weighted by Crippen LogP contribution is 2.33. The summed E-state index contributed by atoms with van der Waals surface area (Å²) in [7, 11) is 0. The number of carbonyl (C=O) groups excluding carboxylic acids is 3. The lowest BCUT2D eigenvalue weighted by atomic mass is 9.90. The van der Waals surface area contributed by atoms with E-state index in [1.807, 2.05) is 4.90 Å². The maximum atomic E-state index is 13.1. The van der Waals surface area contributed by atoms with Crippen molar-refractivity contribution < 1.29 is 23.9 Å². The molecule has 5 rings (SSSR count). The number of halogens is 1. The lowest BCUT2D eigenvalue weighted by Crippen LogP contribution is -2.56. The van der Waals surface area contributed by atoms with Crippen molar-refractivity contribution in [3.63, 3.8) is 0 Å². The Bertz CT molecular complexity index is 1120. The van der Waals surface area contributed by atoms with Crippen molar-refractivity contribution in [1.29, 1.82) is 0 Å². The van der Waals surface area contributed by atoms with Crippen molar-refractivity contribution in [2.24, 2.45) is 5.92 Å². The number of rotatable bonds is 6. The summed E-state index contributed by atoms with van der Waals surface area (Å²) >= 11 is 0. The smallest absolute Gasteiger partial charge is 0.319 e. The van der Waals surface area contributed by atoms with Crippen LogP contribution in [0.25, 0.3) is 0 Å². The molecule has 2 fully saturated rings. The van der Waals surface area contributed by atoms with Crippen LogP contribution in [-0.4, -0.2) is 69.3 Å². The molecular formula is C24H29FN6O4. The normalized spacial score (nSPS) is 19.1. The second-order valence-electron chi connectivity index (χ2n) is 9.56. The van der Waals surface area contributed by atoms with Crippen LogP contribution in [0.4, 0.5) is 14.9 Å². The molecule has 0 atom stereocenters. The first kappa shape index (κ1) is 23.2. The molecule has 186 valence electrons. The summed E-state index contributed by atoms with van der Waals surface area (Å²) in [6, 6.07) is 6.95. The molecule has 0 bridgehead atoms. The Morgan fingerprint density at radius 3 is 2.57 bits per heavy atom. The minimum Gasteiger partial charge on any atom is -0.388 e. The van der Waals surface area contributed by atoms with Gasteiger partial charge < -0.3 is 31.0 Å². The van der Waals surface area contributed by atoms with E-state index >= 15 is 0 Å². The van der Waals surface area contributed by atoms with E-state index in [1.54, 1.807) is 34.0 Å². The molecule has 3 aliphatic rings. The number of benzene rings is 1. The molecule has 0 radical (unpaired) electrons. The first-order chi connectivity index (χ1) is 16.8. The number of aliphatic hydroxyl groups is 1. The Morgan fingerprint density at radius 1 is 1.17 bits per heavy atom. The van der Waals surface area contributed by atoms with Gasteiger partial charge in [0.25, 0.3) is 5.91 Å². The van der Waals surface area contributed by atoms with Crippen molar-refractivity contribution in [2.45, 2.75) is 37.8 Å². The zero-order valence-corrected chi connectivity index (χ0v) is 19.3. The van der Waals surface area contributed by atoms with Crippen LogP contribution in [0.15, 0.2) is 36.5 Å². The van der Waals surface area contributed by atoms with Gasteiger partial charge in [0.2, 0.25) is 5.91 Å². The molecule has 11 heteroatoms. The molecule has 4 N–H and O–H groups in total.